The van der Waals surface area contributed by atoms with Crippen molar-refractivity contribution in [3.05, 3.63) is 29.6 Å². The van der Waals surface area contributed by atoms with E-state index in [1.807, 2.05) is 6.07 Å². The van der Waals surface area contributed by atoms with Crippen LogP contribution < -0.4 is 10.1 Å². The van der Waals surface area contributed by atoms with E-state index >= 15 is 0 Å². The van der Waals surface area contributed by atoms with Crippen molar-refractivity contribution < 1.29 is 9.13 Å². The van der Waals surface area contributed by atoms with Crippen LogP contribution >= 0.6 is 0 Å². The van der Waals surface area contributed by atoms with Gasteiger partial charge in [-0.15, -0.1) is 0 Å². The molecular formula is C17H29FN2O. The van der Waals surface area contributed by atoms with Crippen LogP contribution in [0.5, 0.6) is 5.75 Å². The summed E-state index contributed by atoms with van der Waals surface area (Å²) in [6, 6.07) is 5.55. The molecule has 21 heavy (non-hydrogen) atoms. The highest BCUT2D eigenvalue weighted by atomic mass is 19.1. The van der Waals surface area contributed by atoms with Crippen LogP contribution in [0.4, 0.5) is 4.39 Å². The lowest BCUT2D eigenvalue weighted by Crippen LogP contribution is -2.28. The molecule has 0 aromatic heterocycles. The third-order valence-corrected chi connectivity index (χ3v) is 3.88. The van der Waals surface area contributed by atoms with Gasteiger partial charge in [0.2, 0.25) is 0 Å². The highest BCUT2D eigenvalue weighted by Gasteiger charge is 2.06. The van der Waals surface area contributed by atoms with Crippen molar-refractivity contribution in [2.24, 2.45) is 0 Å². The summed E-state index contributed by atoms with van der Waals surface area (Å²) in [6.45, 7) is 10.6. The molecule has 0 spiro atoms. The predicted octanol–water partition coefficient (Wildman–Crippen LogP) is 3.43. The van der Waals surface area contributed by atoms with Gasteiger partial charge in [0.1, 0.15) is 0 Å². The average molecular weight is 296 g/mol. The van der Waals surface area contributed by atoms with Crippen LogP contribution in [0.25, 0.3) is 0 Å². The number of ether oxygens (including phenoxy) is 1. The standard InChI is InChI=1S/C17H29FN2O/c1-5-20(6-2)11-7-8-14(3)19-13-15-9-10-17(21-4)16(18)12-15/h9-10,12,14,19H,5-8,11,13H2,1-4H3. The summed E-state index contributed by atoms with van der Waals surface area (Å²) in [5.41, 5.74) is 0.948. The first kappa shape index (κ1) is 17.9. The molecule has 1 unspecified atom stereocenters. The van der Waals surface area contributed by atoms with Crippen LogP contribution in [0.3, 0.4) is 0 Å². The summed E-state index contributed by atoms with van der Waals surface area (Å²) in [7, 11) is 1.48. The Bertz CT molecular complexity index is 408. The molecule has 1 aromatic rings. The van der Waals surface area contributed by atoms with Gasteiger partial charge in [-0.2, -0.15) is 0 Å². The van der Waals surface area contributed by atoms with E-state index in [1.54, 1.807) is 6.07 Å². The van der Waals surface area contributed by atoms with Gasteiger partial charge in [0.05, 0.1) is 7.11 Å². The number of hydrogen-bond donors (Lipinski definition) is 1. The lowest BCUT2D eigenvalue weighted by molar-refractivity contribution is 0.290. The fourth-order valence-electron chi connectivity index (χ4n) is 2.37. The Labute approximate surface area is 128 Å². The third kappa shape index (κ3) is 6.44. The molecule has 1 atom stereocenters. The quantitative estimate of drug-likeness (QED) is 0.716. The van der Waals surface area contributed by atoms with Crippen LogP contribution in [0.15, 0.2) is 18.2 Å². The average Bonchev–Trinajstić information content (AvgIpc) is 2.49. The molecule has 1 rings (SSSR count). The Morgan fingerprint density at radius 3 is 2.57 bits per heavy atom. The highest BCUT2D eigenvalue weighted by Crippen LogP contribution is 2.17. The van der Waals surface area contributed by atoms with E-state index in [9.17, 15) is 4.39 Å². The van der Waals surface area contributed by atoms with Gasteiger partial charge in [-0.3, -0.25) is 0 Å². The van der Waals surface area contributed by atoms with Crippen molar-refractivity contribution in [2.75, 3.05) is 26.7 Å². The van der Waals surface area contributed by atoms with E-state index in [0.29, 0.717) is 18.3 Å². The van der Waals surface area contributed by atoms with Gasteiger partial charge in [-0.25, -0.2) is 4.39 Å². The van der Waals surface area contributed by atoms with Crippen molar-refractivity contribution >= 4 is 0 Å². The fraction of sp³-hybridized carbons (Fsp3) is 0.647. The number of methoxy groups -OCH3 is 1. The Balaban J connectivity index is 2.29. The van der Waals surface area contributed by atoms with Crippen molar-refractivity contribution in [3.63, 3.8) is 0 Å². The van der Waals surface area contributed by atoms with Gasteiger partial charge in [-0.05, 0) is 57.1 Å². The minimum atomic E-state index is -0.300. The first-order chi connectivity index (χ1) is 10.1. The summed E-state index contributed by atoms with van der Waals surface area (Å²) < 4.78 is 18.5. The Morgan fingerprint density at radius 2 is 2.00 bits per heavy atom. The first-order valence-corrected chi connectivity index (χ1v) is 7.88. The molecular weight excluding hydrogens is 267 g/mol. The van der Waals surface area contributed by atoms with E-state index in [1.165, 1.54) is 19.6 Å². The van der Waals surface area contributed by atoms with Crippen molar-refractivity contribution in [2.45, 2.75) is 46.2 Å². The first-order valence-electron chi connectivity index (χ1n) is 7.88. The lowest BCUT2D eigenvalue weighted by atomic mass is 10.1. The zero-order valence-corrected chi connectivity index (χ0v) is 13.8. The second-order valence-corrected chi connectivity index (χ2v) is 5.42. The molecule has 0 saturated carbocycles. The smallest absolute Gasteiger partial charge is 0.165 e. The van der Waals surface area contributed by atoms with Gasteiger partial charge in [-0.1, -0.05) is 19.9 Å². The molecule has 0 aliphatic rings. The molecule has 0 amide bonds. The van der Waals surface area contributed by atoms with E-state index in [-0.39, 0.29) is 5.82 Å². The van der Waals surface area contributed by atoms with Gasteiger partial charge in [0, 0.05) is 12.6 Å². The monoisotopic (exact) mass is 296 g/mol. The van der Waals surface area contributed by atoms with E-state index in [4.69, 9.17) is 4.74 Å². The number of halogens is 1. The number of rotatable bonds is 10. The summed E-state index contributed by atoms with van der Waals surface area (Å²) in [6.07, 6.45) is 2.32. The van der Waals surface area contributed by atoms with Crippen molar-refractivity contribution in [1.29, 1.82) is 0 Å². The number of nitrogens with zero attached hydrogens (tertiary/aromatic N) is 1. The van der Waals surface area contributed by atoms with Crippen LogP contribution in [-0.4, -0.2) is 37.7 Å². The topological polar surface area (TPSA) is 24.5 Å². The normalized spacial score (nSPS) is 12.7. The maximum atomic E-state index is 13.6. The van der Waals surface area contributed by atoms with Gasteiger partial charge in [0.25, 0.3) is 0 Å². The van der Waals surface area contributed by atoms with E-state index in [0.717, 1.165) is 31.6 Å². The van der Waals surface area contributed by atoms with Crippen LogP contribution in [-0.2, 0) is 6.54 Å². The summed E-state index contributed by atoms with van der Waals surface area (Å²) in [4.78, 5) is 2.44. The van der Waals surface area contributed by atoms with Gasteiger partial charge < -0.3 is 15.0 Å². The minimum Gasteiger partial charge on any atom is -0.494 e. The fourth-order valence-corrected chi connectivity index (χ4v) is 2.37. The van der Waals surface area contributed by atoms with E-state index in [2.05, 4.69) is 31.0 Å². The van der Waals surface area contributed by atoms with Crippen molar-refractivity contribution in [3.8, 4) is 5.75 Å². The third-order valence-electron chi connectivity index (χ3n) is 3.88. The highest BCUT2D eigenvalue weighted by molar-refractivity contribution is 5.29. The molecule has 1 aromatic carbocycles. The molecule has 0 saturated heterocycles. The maximum Gasteiger partial charge on any atom is 0.165 e. The van der Waals surface area contributed by atoms with Crippen molar-refractivity contribution in [1.82, 2.24) is 10.2 Å². The Hall–Kier alpha value is -1.13. The second-order valence-electron chi connectivity index (χ2n) is 5.42. The van der Waals surface area contributed by atoms with Crippen LogP contribution in [0.2, 0.25) is 0 Å². The predicted molar refractivity (Wildman–Crippen MR) is 86.3 cm³/mol. The number of nitrogens with one attached hydrogen (secondary N) is 1. The SMILES string of the molecule is CCN(CC)CCCC(C)NCc1ccc(OC)c(F)c1. The Morgan fingerprint density at radius 1 is 1.29 bits per heavy atom. The zero-order chi connectivity index (χ0) is 15.7. The number of hydrogen-bond acceptors (Lipinski definition) is 3. The molecule has 120 valence electrons. The molecule has 0 aliphatic heterocycles. The maximum absolute atomic E-state index is 13.6. The Kier molecular flexibility index (Phi) is 8.31. The minimum absolute atomic E-state index is 0.297. The molecule has 0 fully saturated rings. The molecule has 0 heterocycles. The molecule has 3 nitrogen and oxygen atoms in total. The molecule has 4 heteroatoms. The summed E-state index contributed by atoms with van der Waals surface area (Å²) in [5, 5.41) is 3.45. The van der Waals surface area contributed by atoms with E-state index < -0.39 is 0 Å². The second kappa shape index (κ2) is 9.74. The van der Waals surface area contributed by atoms with Gasteiger partial charge in [0.15, 0.2) is 11.6 Å². The molecule has 1 N–H and O–H groups in total. The zero-order valence-electron chi connectivity index (χ0n) is 13.8. The summed E-state index contributed by atoms with van der Waals surface area (Å²) in [5.74, 6) is -0.00277. The lowest BCUT2D eigenvalue weighted by Gasteiger charge is -2.20. The van der Waals surface area contributed by atoms with Gasteiger partial charge >= 0.3 is 0 Å². The largest absolute Gasteiger partial charge is 0.494 e. The molecule has 0 aliphatic carbocycles. The molecule has 0 bridgehead atoms. The number of benzene rings is 1. The van der Waals surface area contributed by atoms with Crippen LogP contribution in [0.1, 0.15) is 39.2 Å². The molecule has 0 radical (unpaired) electrons. The summed E-state index contributed by atoms with van der Waals surface area (Å²) >= 11 is 0. The van der Waals surface area contributed by atoms with Crippen LogP contribution in [0, 0.1) is 5.82 Å².